The minimum absolute atomic E-state index is 0. The summed E-state index contributed by atoms with van der Waals surface area (Å²) in [4.78, 5) is 155. The van der Waals surface area contributed by atoms with Gasteiger partial charge in [0.1, 0.15) is 71.7 Å². The lowest BCUT2D eigenvalue weighted by Crippen LogP contribution is -2.52. The highest BCUT2D eigenvalue weighted by Gasteiger charge is 2.47. The number of likely N-dealkylation sites (tertiary alicyclic amines) is 4. The molecule has 12 aromatic rings. The quantitative estimate of drug-likeness (QED) is 0.0285. The molecule has 8 amide bonds. The smallest absolute Gasteiger partial charge is 0.410 e. The molecular weight excluding hydrogens is 1770 g/mol. The second kappa shape index (κ2) is 41.1. The number of nitrogens with one attached hydrogen (secondary N) is 8. The van der Waals surface area contributed by atoms with Crippen molar-refractivity contribution in [3.05, 3.63) is 204 Å². The summed E-state index contributed by atoms with van der Waals surface area (Å²) in [5, 5.41) is 23.3. The number of ether oxygens (including phenoxy) is 9. The van der Waals surface area contributed by atoms with Crippen LogP contribution in [0.5, 0.6) is 11.5 Å². The number of carbonyl (C=O) groups excluding carboxylic acids is 8. The second-order valence-corrected chi connectivity index (χ2v) is 37.6. The van der Waals surface area contributed by atoms with Crippen molar-refractivity contribution in [2.75, 3.05) is 69.0 Å². The number of aromatic amines is 4. The fraction of sp³-hybridized carbons (Fsp3) is 0.408. The molecule has 4 fully saturated rings. The Labute approximate surface area is 799 Å². The van der Waals surface area contributed by atoms with Crippen molar-refractivity contribution in [2.24, 2.45) is 23.7 Å². The molecule has 0 saturated carbocycles. The number of aromatic nitrogens is 8. The van der Waals surface area contributed by atoms with Crippen molar-refractivity contribution in [3.8, 4) is 56.3 Å². The van der Waals surface area contributed by atoms with Crippen molar-refractivity contribution in [2.45, 2.75) is 180 Å². The summed E-state index contributed by atoms with van der Waals surface area (Å²) >= 11 is 0. The summed E-state index contributed by atoms with van der Waals surface area (Å²) in [7, 11) is 8.38. The number of amides is 8. The van der Waals surface area contributed by atoms with Crippen LogP contribution < -0.4 is 30.7 Å². The highest BCUT2D eigenvalue weighted by atomic mass is 16.6. The summed E-state index contributed by atoms with van der Waals surface area (Å²) in [6.45, 7) is 20.1. The lowest BCUT2D eigenvalue weighted by molar-refractivity contribution is -0.140. The number of aliphatic carboxylic acids is 1. The van der Waals surface area contributed by atoms with Gasteiger partial charge in [-0.1, -0.05) is 125 Å². The maximum atomic E-state index is 14.3. The first-order valence-corrected chi connectivity index (χ1v) is 46.5. The van der Waals surface area contributed by atoms with Gasteiger partial charge in [0.15, 0.2) is 6.04 Å². The van der Waals surface area contributed by atoms with Gasteiger partial charge < -0.3 is 104 Å². The molecule has 18 rings (SSSR count). The van der Waals surface area contributed by atoms with Gasteiger partial charge in [-0.3, -0.25) is 19.3 Å². The van der Waals surface area contributed by atoms with Crippen LogP contribution in [0.25, 0.3) is 88.4 Å². The van der Waals surface area contributed by atoms with Crippen LogP contribution in [0.1, 0.15) is 184 Å². The molecule has 35 heteroatoms. The monoisotopic (exact) mass is 1880 g/mol. The molecule has 10 heterocycles. The Hall–Kier alpha value is -14.6. The van der Waals surface area contributed by atoms with E-state index in [2.05, 4.69) is 119 Å². The van der Waals surface area contributed by atoms with Gasteiger partial charge in [0.2, 0.25) is 11.8 Å². The lowest BCUT2D eigenvalue weighted by Gasteiger charge is -2.32. The number of carboxylic acids is 1. The molecule has 4 aromatic heterocycles. The molecule has 6 aliphatic rings. The van der Waals surface area contributed by atoms with E-state index in [4.69, 9.17) is 62.9 Å². The number of benzene rings is 8. The normalized spacial score (nSPS) is 19.5. The Kier molecular flexibility index (Phi) is 28.8. The highest BCUT2D eigenvalue weighted by molar-refractivity contribution is 6.09. The topological polar surface area (TPSA) is 433 Å². The molecule has 3 unspecified atom stereocenters. The van der Waals surface area contributed by atoms with Crippen LogP contribution in [0.2, 0.25) is 0 Å². The predicted octanol–water partition coefficient (Wildman–Crippen LogP) is 17.2. The van der Waals surface area contributed by atoms with Crippen LogP contribution in [-0.2, 0) is 65.5 Å². The van der Waals surface area contributed by atoms with E-state index in [1.165, 1.54) is 28.4 Å². The number of fused-ring (bicyclic) bond motifs is 12. The van der Waals surface area contributed by atoms with E-state index in [9.17, 15) is 43.2 Å². The molecule has 35 nitrogen and oxygen atoms in total. The van der Waals surface area contributed by atoms with E-state index < -0.39 is 60.1 Å². The largest absolute Gasteiger partial charge is 0.488 e. The fourth-order valence-electron chi connectivity index (χ4n) is 19.8. The highest BCUT2D eigenvalue weighted by Crippen LogP contribution is 2.48. The lowest BCUT2D eigenvalue weighted by atomic mass is 9.92. The fourth-order valence-corrected chi connectivity index (χ4v) is 19.8. The first-order valence-electron chi connectivity index (χ1n) is 46.5. The van der Waals surface area contributed by atoms with Crippen molar-refractivity contribution >= 4 is 97.8 Å². The summed E-state index contributed by atoms with van der Waals surface area (Å²) in [6.07, 6.45) is 5.02. The van der Waals surface area contributed by atoms with E-state index in [0.717, 1.165) is 155 Å². The number of hydrogen-bond acceptors (Lipinski definition) is 22. The third-order valence-corrected chi connectivity index (χ3v) is 26.6. The summed E-state index contributed by atoms with van der Waals surface area (Å²) in [5.74, 6) is 2.60. The molecule has 0 radical (unpaired) electrons. The molecule has 138 heavy (non-hydrogen) atoms. The molecule has 6 aliphatic heterocycles. The number of imidazole rings is 4. The molecule has 726 valence electrons. The Morgan fingerprint density at radius 2 is 0.884 bits per heavy atom. The van der Waals surface area contributed by atoms with E-state index >= 15 is 0 Å². The first-order chi connectivity index (χ1) is 66.3. The molecule has 8 aromatic carbocycles. The number of rotatable bonds is 22. The second-order valence-electron chi connectivity index (χ2n) is 37.6. The predicted molar refractivity (Wildman–Crippen MR) is 516 cm³/mol. The minimum Gasteiger partial charge on any atom is -0.488 e. The number of carboxylic acid groups (broad SMARTS) is 1. The molecule has 12 atom stereocenters. The van der Waals surface area contributed by atoms with Crippen molar-refractivity contribution < 1.29 is 92.3 Å². The van der Waals surface area contributed by atoms with Gasteiger partial charge in [0, 0.05) is 74.6 Å². The number of H-pyrrole nitrogens is 4. The maximum Gasteiger partial charge on any atom is 0.410 e. The Bertz CT molecular complexity index is 6550. The molecule has 4 saturated heterocycles. The Morgan fingerprint density at radius 3 is 1.30 bits per heavy atom. The van der Waals surface area contributed by atoms with Gasteiger partial charge in [-0.05, 0) is 189 Å². The molecule has 0 spiro atoms. The van der Waals surface area contributed by atoms with Crippen LogP contribution in [0.15, 0.2) is 158 Å². The zero-order valence-corrected chi connectivity index (χ0v) is 80.0. The van der Waals surface area contributed by atoms with Crippen molar-refractivity contribution in [1.82, 2.24) is 80.7 Å². The Balaban J connectivity index is 0.000000183. The third kappa shape index (κ3) is 20.3. The number of nitrogens with zero attached hydrogens (tertiary/aromatic N) is 8. The Morgan fingerprint density at radius 1 is 0.471 bits per heavy atom. The molecule has 0 aliphatic carbocycles. The van der Waals surface area contributed by atoms with Gasteiger partial charge in [-0.15, -0.1) is 0 Å². The van der Waals surface area contributed by atoms with E-state index in [0.29, 0.717) is 68.7 Å². The van der Waals surface area contributed by atoms with E-state index in [1.54, 1.807) is 60.5 Å². The van der Waals surface area contributed by atoms with Crippen LogP contribution in [0.3, 0.4) is 0 Å². The SMILES string of the molecule is COC(=O)NC(C(=O)O)c1ccccc1.COC[C@H]1CC(c2ncc(-c3ccc4c(c3)COc3cc5c(ccc6[nH]c([C@@H]7CC[C@H](C)N7C(=O)[C@@H](NC(=O)OC)C(C)C)nc65)cc3-4)[nH]2)N(C(=O)OC(C)(C)C)C1.COC[C@H]1CC(c2ncc(-c3ccc4c(c3)COc3cc5c(ccc6[nH]c([C@@H]7CC[C@H](C)N7C(=O)[C@@H](NC(=O)OC)C(C)C)nc65)cc3-4)[nH]2)N(C(=O)[C@H](NC(=O)OC)c2ccccc2)C1.[HH]. The maximum absolute atomic E-state index is 14.3. The number of methoxy groups -OCH3 is 6. The average Bonchev–Trinajstić information content (AvgIpc) is 1.68. The van der Waals surface area contributed by atoms with Gasteiger partial charge in [-0.25, -0.2) is 48.7 Å². The average molecular weight is 1890 g/mol. The first kappa shape index (κ1) is 96.5. The molecule has 0 bridgehead atoms. The minimum atomic E-state index is -1.13. The number of hydrogen-bond donors (Lipinski definition) is 9. The third-order valence-electron chi connectivity index (χ3n) is 26.6. The van der Waals surface area contributed by atoms with Crippen LogP contribution >= 0.6 is 0 Å². The number of alkyl carbamates (subject to hydrolysis) is 4. The molecule has 9 N–H and O–H groups in total. The molecular formula is C103H120N16O19. The zero-order valence-electron chi connectivity index (χ0n) is 80.0. The van der Waals surface area contributed by atoms with E-state index in [-0.39, 0.29) is 85.2 Å². The van der Waals surface area contributed by atoms with E-state index in [1.807, 2.05) is 121 Å². The van der Waals surface area contributed by atoms with Gasteiger partial charge >= 0.3 is 36.4 Å². The zero-order chi connectivity index (χ0) is 97.8. The van der Waals surface area contributed by atoms with Crippen LogP contribution in [0, 0.1) is 23.7 Å². The standard InChI is InChI=1S/C49H54N8O8.C44H53N7O7.C10H11NO4.H2/c1-26(2)41(54-48(60)63-5)47(59)57-27(3)12-17-38(57)45-51-36-16-14-30-20-35-33-15-13-31(19-32(33)25-65-40(35)21-34(30)43(36)53-45)37-22-50-44(52-37)39-18-28(24-62-4)23-56(39)46(58)42(55-49(61)64-6)29-10-8-7-9-11-29;1-23(2)37(49-42(53)56-8)41(52)51-24(3)9-14-34(51)40-46-32-13-11-26-17-31-29-12-10-27(16-28(29)22-57-36(31)18-30(26)38(32)48-40)33-19-45-39(47-33)35-15-25(21-55-7)20-50(35)43(54)58-44(4,5)6;1-15-10(14)11-8(9(12)13)7-5-3-2-4-6-7;/h7-11,13-16,19-22,26-28,38-39,41-42H,12,17-18,23-25H2,1-6H3,(H,50,52)(H,51,53)(H,54,60)(H,55,61);10-13,16-19,23-25,34-35,37H,9,14-15,20-22H2,1-8H3,(H,45,47)(H,46,48)(H,49,53);2-6,8H,1H3,(H,11,14)(H,12,13);1H/t27-,28-,38-,39?,41-,42+;24-,25-,34-,35?,37-;;/m00../s1. The summed E-state index contributed by atoms with van der Waals surface area (Å²) < 4.78 is 48.5. The summed E-state index contributed by atoms with van der Waals surface area (Å²) in [6, 6.07) is 42.1. The number of carbonyl (C=O) groups is 9. The van der Waals surface area contributed by atoms with Crippen molar-refractivity contribution in [1.29, 1.82) is 0 Å². The van der Waals surface area contributed by atoms with Crippen LogP contribution in [0.4, 0.5) is 24.0 Å². The summed E-state index contributed by atoms with van der Waals surface area (Å²) in [5.41, 5.74) is 13.7. The van der Waals surface area contributed by atoms with Crippen LogP contribution in [-0.4, -0.2) is 217 Å². The van der Waals surface area contributed by atoms with Gasteiger partial charge in [0.25, 0.3) is 5.91 Å². The van der Waals surface area contributed by atoms with Crippen molar-refractivity contribution in [3.63, 3.8) is 0 Å². The van der Waals surface area contributed by atoms with Gasteiger partial charge in [-0.2, -0.15) is 0 Å². The van der Waals surface area contributed by atoms with Gasteiger partial charge in [0.05, 0.1) is 112 Å².